The van der Waals surface area contributed by atoms with Crippen LogP contribution < -0.4 is 5.32 Å². The first-order valence-electron chi connectivity index (χ1n) is 9.10. The van der Waals surface area contributed by atoms with E-state index in [1.807, 2.05) is 41.5 Å². The van der Waals surface area contributed by atoms with Crippen molar-refractivity contribution in [1.29, 1.82) is 0 Å². The number of hydrogen-bond acceptors (Lipinski definition) is 1. The molecule has 5 nitrogen and oxygen atoms in total. The summed E-state index contributed by atoms with van der Waals surface area (Å²) in [5, 5.41) is 15.1. The fourth-order valence-electron chi connectivity index (χ4n) is 1.11. The van der Waals surface area contributed by atoms with E-state index < -0.39 is 0 Å². The molecule has 0 aliphatic carbocycles. The van der Waals surface area contributed by atoms with E-state index in [-0.39, 0.29) is 27.9 Å². The number of hydrogen-bond donors (Lipinski definition) is 1. The van der Waals surface area contributed by atoms with Crippen molar-refractivity contribution in [3.8, 4) is 0 Å². The predicted octanol–water partition coefficient (Wildman–Crippen LogP) is 5.62. The molecule has 0 atom stereocenters. The Hall–Kier alpha value is 0.540. The van der Waals surface area contributed by atoms with E-state index in [0.717, 1.165) is 45.8 Å². The van der Waals surface area contributed by atoms with Gasteiger partial charge in [-0.25, -0.2) is 0 Å². The van der Waals surface area contributed by atoms with Gasteiger partial charge in [0.05, 0.1) is 0 Å². The van der Waals surface area contributed by atoms with Gasteiger partial charge in [-0.1, -0.05) is 41.5 Å². The molecule has 0 saturated heterocycles. The molecule has 6 heteroatoms. The summed E-state index contributed by atoms with van der Waals surface area (Å²) >= 11 is 0. The summed E-state index contributed by atoms with van der Waals surface area (Å²) in [7, 11) is 0. The van der Waals surface area contributed by atoms with Crippen molar-refractivity contribution < 1.29 is 22.4 Å². The van der Waals surface area contributed by atoms with Crippen molar-refractivity contribution >= 4 is 0 Å². The average Bonchev–Trinajstić information content (AvgIpc) is 2.49. The summed E-state index contributed by atoms with van der Waals surface area (Å²) in [5.41, 5.74) is 7.00. The number of nitrogens with one attached hydrogen (secondary N) is 2. The molecule has 2 N–H and O–H groups in total. The molecule has 0 aromatic heterocycles. The van der Waals surface area contributed by atoms with Gasteiger partial charge in [-0.2, -0.15) is 39.3 Å². The van der Waals surface area contributed by atoms with Crippen LogP contribution in [0.4, 0.5) is 0 Å². The van der Waals surface area contributed by atoms with Crippen molar-refractivity contribution in [2.24, 2.45) is 0 Å². The van der Waals surface area contributed by atoms with E-state index in [2.05, 4.69) is 42.0 Å². The molecule has 151 valence electrons. The van der Waals surface area contributed by atoms with Crippen LogP contribution in [0.25, 0.3) is 21.7 Å². The van der Waals surface area contributed by atoms with E-state index in [9.17, 15) is 0 Å². The van der Waals surface area contributed by atoms with Crippen molar-refractivity contribution in [2.45, 2.75) is 67.9 Å². The molecule has 0 spiro atoms. The molecular weight excluding hydrogens is 467 g/mol. The predicted molar refractivity (Wildman–Crippen MR) is 110 cm³/mol. The minimum Gasteiger partial charge on any atom is -0.676 e. The van der Waals surface area contributed by atoms with E-state index >= 15 is 0 Å². The Labute approximate surface area is 169 Å². The molecule has 0 aliphatic heterocycles. The van der Waals surface area contributed by atoms with Crippen LogP contribution in [0.5, 0.6) is 0 Å². The van der Waals surface area contributed by atoms with E-state index in [1.165, 1.54) is 0 Å². The van der Waals surface area contributed by atoms with Gasteiger partial charge in [0.1, 0.15) is 0 Å². The van der Waals surface area contributed by atoms with E-state index in [1.54, 1.807) is 0 Å². The van der Waals surface area contributed by atoms with Crippen molar-refractivity contribution in [1.82, 2.24) is 5.32 Å². The Bertz CT molecular complexity index is 144. The van der Waals surface area contributed by atoms with Gasteiger partial charge < -0.3 is 27.0 Å². The second-order valence-electron chi connectivity index (χ2n) is 5.49. The normalized spacial score (nSPS) is 9.25. The second kappa shape index (κ2) is 34.8. The fourth-order valence-corrected chi connectivity index (χ4v) is 1.11. The van der Waals surface area contributed by atoms with Crippen molar-refractivity contribution in [3.05, 3.63) is 21.7 Å². The molecule has 1 radical (unpaired) electrons. The van der Waals surface area contributed by atoms with Gasteiger partial charge in [-0.15, -0.1) is 6.54 Å². The van der Waals surface area contributed by atoms with Crippen LogP contribution in [0.3, 0.4) is 0 Å². The molecule has 0 bridgehead atoms. The quantitative estimate of drug-likeness (QED) is 0.450. The fraction of sp³-hybridized carbons (Fsp3) is 1.00. The Kier molecular flexibility index (Phi) is 51.6. The molecule has 0 aliphatic rings. The molecule has 0 rings (SSSR count). The molecular formula is C18H45N5Ta-4. The molecule has 0 fully saturated rings. The molecule has 0 saturated carbocycles. The van der Waals surface area contributed by atoms with Crippen LogP contribution in [-0.4, -0.2) is 57.9 Å². The van der Waals surface area contributed by atoms with Gasteiger partial charge in [0, 0.05) is 27.9 Å². The Morgan fingerprint density at radius 2 is 0.917 bits per heavy atom. The van der Waals surface area contributed by atoms with Crippen LogP contribution in [0.2, 0.25) is 0 Å². The molecule has 0 aromatic rings. The Balaban J connectivity index is -0.0000000677. The monoisotopic (exact) mass is 512 g/mol. The Morgan fingerprint density at radius 1 is 0.667 bits per heavy atom. The van der Waals surface area contributed by atoms with Gasteiger partial charge in [0.15, 0.2) is 0 Å². The van der Waals surface area contributed by atoms with E-state index in [0.29, 0.717) is 6.54 Å². The first kappa shape index (κ1) is 35.6. The third-order valence-corrected chi connectivity index (χ3v) is 2.12. The van der Waals surface area contributed by atoms with Crippen molar-refractivity contribution in [2.75, 3.05) is 52.4 Å². The van der Waals surface area contributed by atoms with Crippen LogP contribution in [-0.2, 0) is 22.4 Å². The second-order valence-corrected chi connectivity index (χ2v) is 5.49. The zero-order chi connectivity index (χ0) is 19.0. The zero-order valence-corrected chi connectivity index (χ0v) is 21.2. The molecule has 0 heterocycles. The maximum atomic E-state index is 6.82. The molecule has 0 aromatic carbocycles. The molecule has 24 heavy (non-hydrogen) atoms. The first-order chi connectivity index (χ1) is 10.8. The van der Waals surface area contributed by atoms with Gasteiger partial charge >= 0.3 is 0 Å². The van der Waals surface area contributed by atoms with Crippen LogP contribution in [0.15, 0.2) is 0 Å². The Morgan fingerprint density at radius 3 is 0.958 bits per heavy atom. The van der Waals surface area contributed by atoms with Gasteiger partial charge in [0.25, 0.3) is 0 Å². The third kappa shape index (κ3) is 78.5. The summed E-state index contributed by atoms with van der Waals surface area (Å²) in [6, 6.07) is 0. The van der Waals surface area contributed by atoms with Gasteiger partial charge in [-0.3, -0.25) is 0 Å². The van der Waals surface area contributed by atoms with Crippen LogP contribution >= 0.6 is 0 Å². The maximum absolute atomic E-state index is 6.82. The third-order valence-electron chi connectivity index (χ3n) is 2.12. The SMILES string of the molecule is CC(C)(C)NCC[NH-].CC[N-]CC.CC[N-]CC.CC[N-]CC.[Ta]. The molecule has 0 amide bonds. The van der Waals surface area contributed by atoms with Crippen LogP contribution in [0, 0.1) is 0 Å². The average molecular weight is 513 g/mol. The smallest absolute Gasteiger partial charge is 0.00958 e. The van der Waals surface area contributed by atoms with Gasteiger partial charge in [-0.05, 0) is 27.3 Å². The summed E-state index contributed by atoms with van der Waals surface area (Å²) in [6.07, 6.45) is 0. The van der Waals surface area contributed by atoms with Crippen LogP contribution in [0.1, 0.15) is 62.3 Å². The summed E-state index contributed by atoms with van der Waals surface area (Å²) in [5.74, 6) is 0. The zero-order valence-electron chi connectivity index (χ0n) is 17.9. The number of nitrogens with zero attached hydrogens (tertiary/aromatic N) is 3. The topological polar surface area (TPSA) is 78.1 Å². The molecule has 0 unspecified atom stereocenters. The minimum absolute atomic E-state index is 0. The summed E-state index contributed by atoms with van der Waals surface area (Å²) < 4.78 is 0. The van der Waals surface area contributed by atoms with Gasteiger partial charge in [0.2, 0.25) is 0 Å². The number of rotatable bonds is 8. The maximum Gasteiger partial charge on any atom is 0.00958 e. The first-order valence-corrected chi connectivity index (χ1v) is 9.10. The summed E-state index contributed by atoms with van der Waals surface area (Å²) in [4.78, 5) is 0. The summed E-state index contributed by atoms with van der Waals surface area (Å²) in [6.45, 7) is 25.6. The van der Waals surface area contributed by atoms with E-state index in [4.69, 9.17) is 5.73 Å². The standard InChI is InChI=1S/C6H15N2.3C4H10N.Ta/c1-6(2,3)8-5-4-7;3*1-3-5-4-2;/h7-8H,4-5H2,1-3H3;3*3-4H2,1-2H3;/q4*-1;. The minimum atomic E-state index is 0. The largest absolute Gasteiger partial charge is 0.676 e. The van der Waals surface area contributed by atoms with Crippen molar-refractivity contribution in [3.63, 3.8) is 0 Å².